The van der Waals surface area contributed by atoms with Crippen LogP contribution in [0.1, 0.15) is 24.7 Å². The number of amides is 1. The van der Waals surface area contributed by atoms with Crippen LogP contribution in [0.15, 0.2) is 24.3 Å². The molecule has 0 aliphatic heterocycles. The number of benzene rings is 1. The van der Waals surface area contributed by atoms with Crippen LogP contribution in [-0.2, 0) is 11.3 Å². The number of nitrogens with one attached hydrogen (secondary N) is 1. The third-order valence-corrected chi connectivity index (χ3v) is 3.41. The van der Waals surface area contributed by atoms with E-state index in [1.807, 2.05) is 19.9 Å². The Balaban J connectivity index is 2.05. The van der Waals surface area contributed by atoms with Crippen molar-refractivity contribution >= 4 is 17.3 Å². The Bertz CT molecular complexity index is 755. The zero-order chi connectivity index (χ0) is 17.7. The van der Waals surface area contributed by atoms with Crippen LogP contribution < -0.4 is 10.1 Å². The molecule has 0 radical (unpaired) electrons. The Morgan fingerprint density at radius 3 is 2.71 bits per heavy atom. The Labute approximate surface area is 139 Å². The number of carbonyl (C=O) groups is 1. The molecule has 0 saturated heterocycles. The average molecular weight is 332 g/mol. The molecule has 0 atom stereocenters. The maximum absolute atomic E-state index is 12.1. The van der Waals surface area contributed by atoms with Gasteiger partial charge in [-0.2, -0.15) is 5.10 Å². The molecule has 0 bridgehead atoms. The maximum Gasteiger partial charge on any atom is 0.296 e. The number of nitrogens with zero attached hydrogens (tertiary/aromatic N) is 3. The highest BCUT2D eigenvalue weighted by Crippen LogP contribution is 2.29. The molecule has 0 fully saturated rings. The zero-order valence-electron chi connectivity index (χ0n) is 13.9. The highest BCUT2D eigenvalue weighted by Gasteiger charge is 2.17. The lowest BCUT2D eigenvalue weighted by molar-refractivity contribution is -0.384. The van der Waals surface area contributed by atoms with Crippen LogP contribution in [0.2, 0.25) is 0 Å². The van der Waals surface area contributed by atoms with E-state index in [1.54, 1.807) is 17.7 Å². The smallest absolute Gasteiger partial charge is 0.296 e. The Kier molecular flexibility index (Phi) is 5.51. The van der Waals surface area contributed by atoms with Crippen molar-refractivity contribution < 1.29 is 14.5 Å². The molecule has 1 aromatic heterocycles. The zero-order valence-corrected chi connectivity index (χ0v) is 13.9. The molecular weight excluding hydrogens is 312 g/mol. The predicted octanol–water partition coefficient (Wildman–Crippen LogP) is 2.84. The van der Waals surface area contributed by atoms with Crippen molar-refractivity contribution in [3.8, 4) is 5.75 Å². The predicted molar refractivity (Wildman–Crippen MR) is 89.2 cm³/mol. The van der Waals surface area contributed by atoms with E-state index in [-0.39, 0.29) is 23.7 Å². The summed E-state index contributed by atoms with van der Waals surface area (Å²) in [6.45, 7) is 6.41. The van der Waals surface area contributed by atoms with Gasteiger partial charge in [-0.1, -0.05) is 0 Å². The molecule has 1 N–H and O–H groups in total. The molecule has 8 nitrogen and oxygen atoms in total. The molecule has 0 saturated carbocycles. The molecule has 0 spiro atoms. The quantitative estimate of drug-likeness (QED) is 0.621. The summed E-state index contributed by atoms with van der Waals surface area (Å²) in [7, 11) is 0. The van der Waals surface area contributed by atoms with E-state index < -0.39 is 4.92 Å². The van der Waals surface area contributed by atoms with Crippen LogP contribution in [0.4, 0.5) is 11.4 Å². The summed E-state index contributed by atoms with van der Waals surface area (Å²) in [4.78, 5) is 22.7. The fourth-order valence-electron chi connectivity index (χ4n) is 2.35. The van der Waals surface area contributed by atoms with Gasteiger partial charge in [0.1, 0.15) is 11.4 Å². The normalized spacial score (nSPS) is 10.5. The van der Waals surface area contributed by atoms with Gasteiger partial charge in [-0.05, 0) is 39.0 Å². The molecule has 0 aliphatic carbocycles. The minimum absolute atomic E-state index is 0.154. The number of aryl methyl sites for hydroxylation is 3. The molecule has 2 rings (SSSR count). The van der Waals surface area contributed by atoms with Crippen LogP contribution in [0.5, 0.6) is 5.75 Å². The van der Waals surface area contributed by atoms with E-state index >= 15 is 0 Å². The Hall–Kier alpha value is -2.90. The van der Waals surface area contributed by atoms with Crippen molar-refractivity contribution in [3.63, 3.8) is 0 Å². The van der Waals surface area contributed by atoms with Crippen molar-refractivity contribution in [2.75, 3.05) is 11.9 Å². The molecule has 0 unspecified atom stereocenters. The van der Waals surface area contributed by atoms with Crippen molar-refractivity contribution in [3.05, 3.63) is 45.8 Å². The molecular formula is C16H20N4O4. The topological polar surface area (TPSA) is 99.3 Å². The van der Waals surface area contributed by atoms with E-state index in [2.05, 4.69) is 10.4 Å². The molecule has 8 heteroatoms. The first-order valence-electron chi connectivity index (χ1n) is 7.63. The highest BCUT2D eigenvalue weighted by atomic mass is 16.6. The van der Waals surface area contributed by atoms with E-state index in [1.165, 1.54) is 12.1 Å². The van der Waals surface area contributed by atoms with Gasteiger partial charge in [-0.15, -0.1) is 0 Å². The minimum Gasteiger partial charge on any atom is -0.494 e. The summed E-state index contributed by atoms with van der Waals surface area (Å²) in [5.41, 5.74) is 1.81. The van der Waals surface area contributed by atoms with Crippen molar-refractivity contribution in [1.82, 2.24) is 9.78 Å². The van der Waals surface area contributed by atoms with Gasteiger partial charge in [0.25, 0.3) is 5.69 Å². The van der Waals surface area contributed by atoms with Crippen molar-refractivity contribution in [2.24, 2.45) is 0 Å². The third kappa shape index (κ3) is 4.31. The molecule has 24 heavy (non-hydrogen) atoms. The van der Waals surface area contributed by atoms with Gasteiger partial charge in [0.2, 0.25) is 5.91 Å². The Morgan fingerprint density at radius 2 is 2.12 bits per heavy atom. The monoisotopic (exact) mass is 332 g/mol. The number of ether oxygens (including phenoxy) is 1. The van der Waals surface area contributed by atoms with Crippen LogP contribution in [0, 0.1) is 24.0 Å². The molecule has 0 aliphatic rings. The summed E-state index contributed by atoms with van der Waals surface area (Å²) in [5, 5.41) is 18.0. The van der Waals surface area contributed by atoms with Crippen LogP contribution >= 0.6 is 0 Å². The molecule has 1 heterocycles. The Morgan fingerprint density at radius 1 is 1.38 bits per heavy atom. The number of nitro groups is 1. The number of aromatic nitrogens is 2. The standard InChI is InChI=1S/C16H20N4O4/c1-4-24-13-5-6-14(15(10-13)20(22)23)17-16(21)7-8-19-12(3)9-11(2)18-19/h5-6,9-10H,4,7-8H2,1-3H3,(H,17,21). The van der Waals surface area contributed by atoms with E-state index in [4.69, 9.17) is 4.74 Å². The number of nitro benzene ring substituents is 1. The summed E-state index contributed by atoms with van der Waals surface area (Å²) in [6, 6.07) is 6.30. The second kappa shape index (κ2) is 7.58. The lowest BCUT2D eigenvalue weighted by atomic mass is 10.2. The van der Waals surface area contributed by atoms with E-state index in [0.717, 1.165) is 11.4 Å². The average Bonchev–Trinajstić information content (AvgIpc) is 2.84. The molecule has 1 aromatic carbocycles. The lowest BCUT2D eigenvalue weighted by Crippen LogP contribution is -2.16. The van der Waals surface area contributed by atoms with Crippen LogP contribution in [0.3, 0.4) is 0 Å². The molecule has 128 valence electrons. The van der Waals surface area contributed by atoms with Crippen LogP contribution in [0.25, 0.3) is 0 Å². The van der Waals surface area contributed by atoms with Gasteiger partial charge in [0, 0.05) is 18.7 Å². The van der Waals surface area contributed by atoms with Gasteiger partial charge in [-0.25, -0.2) is 0 Å². The third-order valence-electron chi connectivity index (χ3n) is 3.41. The van der Waals surface area contributed by atoms with Gasteiger partial charge in [0.15, 0.2) is 0 Å². The second-order valence-electron chi connectivity index (χ2n) is 5.32. The van der Waals surface area contributed by atoms with Crippen LogP contribution in [-0.4, -0.2) is 27.2 Å². The lowest BCUT2D eigenvalue weighted by Gasteiger charge is -2.09. The molecule has 2 aromatic rings. The maximum atomic E-state index is 12.1. The molecule has 1 amide bonds. The number of rotatable bonds is 7. The summed E-state index contributed by atoms with van der Waals surface area (Å²) in [5.74, 6) is 0.0830. The number of hydrogen-bond donors (Lipinski definition) is 1. The number of anilines is 1. The second-order valence-corrected chi connectivity index (χ2v) is 5.32. The first kappa shape index (κ1) is 17.5. The van der Waals surface area contributed by atoms with Crippen molar-refractivity contribution in [2.45, 2.75) is 33.7 Å². The van der Waals surface area contributed by atoms with Gasteiger partial charge in [-0.3, -0.25) is 19.6 Å². The largest absolute Gasteiger partial charge is 0.494 e. The fourth-order valence-corrected chi connectivity index (χ4v) is 2.35. The van der Waals surface area contributed by atoms with Crippen molar-refractivity contribution in [1.29, 1.82) is 0 Å². The minimum atomic E-state index is -0.543. The first-order chi connectivity index (χ1) is 11.4. The van der Waals surface area contributed by atoms with Gasteiger partial charge in [0.05, 0.1) is 23.3 Å². The summed E-state index contributed by atoms with van der Waals surface area (Å²) >= 11 is 0. The van der Waals surface area contributed by atoms with E-state index in [9.17, 15) is 14.9 Å². The highest BCUT2D eigenvalue weighted by molar-refractivity contribution is 5.93. The number of hydrogen-bond acceptors (Lipinski definition) is 5. The number of carbonyl (C=O) groups excluding carboxylic acids is 1. The first-order valence-corrected chi connectivity index (χ1v) is 7.63. The van der Waals surface area contributed by atoms with E-state index in [0.29, 0.717) is 18.9 Å². The summed E-state index contributed by atoms with van der Waals surface area (Å²) in [6.07, 6.45) is 0.173. The van der Waals surface area contributed by atoms with Gasteiger partial charge >= 0.3 is 0 Å². The fraction of sp³-hybridized carbons (Fsp3) is 0.375. The summed E-state index contributed by atoms with van der Waals surface area (Å²) < 4.78 is 6.99. The SMILES string of the molecule is CCOc1ccc(NC(=O)CCn2nc(C)cc2C)c([N+](=O)[O-])c1. The van der Waals surface area contributed by atoms with Gasteiger partial charge < -0.3 is 10.1 Å².